The third kappa shape index (κ3) is 3.80. The molecule has 0 saturated carbocycles. The van der Waals surface area contributed by atoms with Crippen molar-refractivity contribution >= 4 is 17.7 Å². The summed E-state index contributed by atoms with van der Waals surface area (Å²) in [6.45, 7) is 6.06. The Balaban J connectivity index is 2.48. The summed E-state index contributed by atoms with van der Waals surface area (Å²) in [5.74, 6) is -1.95. The number of piperidine rings is 1. The van der Waals surface area contributed by atoms with Gasteiger partial charge in [-0.2, -0.15) is 0 Å². The van der Waals surface area contributed by atoms with Crippen LogP contribution in [-0.2, 0) is 14.4 Å². The van der Waals surface area contributed by atoms with E-state index in [0.717, 1.165) is 13.1 Å². The quantitative estimate of drug-likeness (QED) is 0.666. The molecule has 0 aliphatic carbocycles. The van der Waals surface area contributed by atoms with Crippen molar-refractivity contribution in [1.82, 2.24) is 15.5 Å². The second-order valence-corrected chi connectivity index (χ2v) is 4.32. The normalized spacial score (nSPS) is 16.1. The Morgan fingerprint density at radius 3 is 2.22 bits per heavy atom. The van der Waals surface area contributed by atoms with Gasteiger partial charge in [0.15, 0.2) is 0 Å². The van der Waals surface area contributed by atoms with Crippen molar-refractivity contribution in [2.24, 2.45) is 5.92 Å². The van der Waals surface area contributed by atoms with E-state index in [1.165, 1.54) is 4.90 Å². The van der Waals surface area contributed by atoms with Crippen LogP contribution in [0, 0.1) is 5.92 Å². The molecule has 6 nitrogen and oxygen atoms in total. The zero-order chi connectivity index (χ0) is 13.5. The van der Waals surface area contributed by atoms with Gasteiger partial charge in [-0.1, -0.05) is 0 Å². The van der Waals surface area contributed by atoms with E-state index in [4.69, 9.17) is 0 Å². The van der Waals surface area contributed by atoms with Crippen LogP contribution < -0.4 is 10.6 Å². The Hall–Kier alpha value is -1.43. The van der Waals surface area contributed by atoms with Crippen molar-refractivity contribution in [2.45, 2.75) is 26.7 Å². The molecule has 0 aromatic heterocycles. The maximum absolute atomic E-state index is 11.8. The largest absolute Gasteiger partial charge is 0.335 e. The van der Waals surface area contributed by atoms with E-state index in [2.05, 4.69) is 10.6 Å². The lowest BCUT2D eigenvalue weighted by Gasteiger charge is -2.22. The first kappa shape index (κ1) is 14.6. The van der Waals surface area contributed by atoms with Gasteiger partial charge in [0.05, 0.1) is 0 Å². The lowest BCUT2D eigenvalue weighted by atomic mass is 9.97. The molecule has 0 aromatic rings. The molecule has 1 aliphatic heterocycles. The van der Waals surface area contributed by atoms with E-state index in [9.17, 15) is 14.4 Å². The van der Waals surface area contributed by atoms with Gasteiger partial charge in [0.2, 0.25) is 5.91 Å². The van der Waals surface area contributed by atoms with Crippen LogP contribution in [0.3, 0.4) is 0 Å². The van der Waals surface area contributed by atoms with Gasteiger partial charge in [0.1, 0.15) is 0 Å². The number of carbonyl (C=O) groups excluding carboxylic acids is 3. The van der Waals surface area contributed by atoms with E-state index in [-0.39, 0.29) is 11.8 Å². The molecular weight excluding hydrogens is 234 g/mol. The molecule has 0 radical (unpaired) electrons. The minimum absolute atomic E-state index is 0.167. The van der Waals surface area contributed by atoms with Crippen molar-refractivity contribution in [3.63, 3.8) is 0 Å². The van der Waals surface area contributed by atoms with Crippen LogP contribution in [0.25, 0.3) is 0 Å². The highest BCUT2D eigenvalue weighted by molar-refractivity contribution is 6.37. The SMILES string of the molecule is CCN(CC)C(=O)C(=O)NC(=O)C1CCNCC1. The fourth-order valence-electron chi connectivity index (χ4n) is 2.01. The van der Waals surface area contributed by atoms with Crippen molar-refractivity contribution in [3.05, 3.63) is 0 Å². The summed E-state index contributed by atoms with van der Waals surface area (Å²) < 4.78 is 0. The van der Waals surface area contributed by atoms with Crippen molar-refractivity contribution in [3.8, 4) is 0 Å². The number of nitrogens with zero attached hydrogens (tertiary/aromatic N) is 1. The lowest BCUT2D eigenvalue weighted by Crippen LogP contribution is -2.47. The predicted molar refractivity (Wildman–Crippen MR) is 66.7 cm³/mol. The summed E-state index contributed by atoms with van der Waals surface area (Å²) in [5, 5.41) is 5.34. The molecule has 1 saturated heterocycles. The number of rotatable bonds is 3. The number of hydrogen-bond donors (Lipinski definition) is 2. The lowest BCUT2D eigenvalue weighted by molar-refractivity contribution is -0.148. The Morgan fingerprint density at radius 2 is 1.72 bits per heavy atom. The summed E-state index contributed by atoms with van der Waals surface area (Å²) in [6.07, 6.45) is 1.41. The number of imide groups is 1. The molecule has 102 valence electrons. The number of nitrogens with one attached hydrogen (secondary N) is 2. The van der Waals surface area contributed by atoms with Gasteiger partial charge in [0.25, 0.3) is 0 Å². The molecule has 0 spiro atoms. The highest BCUT2D eigenvalue weighted by atomic mass is 16.2. The van der Waals surface area contributed by atoms with E-state index in [1.54, 1.807) is 13.8 Å². The minimum atomic E-state index is -0.817. The summed E-state index contributed by atoms with van der Waals surface area (Å²) >= 11 is 0. The second kappa shape index (κ2) is 7.10. The minimum Gasteiger partial charge on any atom is -0.335 e. The first-order chi connectivity index (χ1) is 8.60. The Bertz CT molecular complexity index is 321. The fraction of sp³-hybridized carbons (Fsp3) is 0.750. The number of amides is 3. The van der Waals surface area contributed by atoms with Crippen LogP contribution in [0.15, 0.2) is 0 Å². The van der Waals surface area contributed by atoms with Crippen LogP contribution in [-0.4, -0.2) is 48.8 Å². The van der Waals surface area contributed by atoms with Gasteiger partial charge >= 0.3 is 11.8 Å². The van der Waals surface area contributed by atoms with Gasteiger partial charge in [-0.15, -0.1) is 0 Å². The smallest absolute Gasteiger partial charge is 0.316 e. The van der Waals surface area contributed by atoms with Gasteiger partial charge < -0.3 is 10.2 Å². The predicted octanol–water partition coefficient (Wildman–Crippen LogP) is -0.503. The average molecular weight is 255 g/mol. The van der Waals surface area contributed by atoms with Gasteiger partial charge in [-0.3, -0.25) is 19.7 Å². The molecule has 2 N–H and O–H groups in total. The van der Waals surface area contributed by atoms with Gasteiger partial charge in [-0.05, 0) is 39.8 Å². The van der Waals surface area contributed by atoms with Crippen molar-refractivity contribution < 1.29 is 14.4 Å². The summed E-state index contributed by atoms with van der Waals surface area (Å²) in [6, 6.07) is 0. The van der Waals surface area contributed by atoms with E-state index < -0.39 is 11.8 Å². The van der Waals surface area contributed by atoms with E-state index >= 15 is 0 Å². The number of likely N-dealkylation sites (N-methyl/N-ethyl adjacent to an activating group) is 1. The standard InChI is InChI=1S/C12H21N3O3/c1-3-15(4-2)12(18)11(17)14-10(16)9-5-7-13-8-6-9/h9,13H,3-8H2,1-2H3,(H,14,16,17). The van der Waals surface area contributed by atoms with Crippen LogP contribution in [0.4, 0.5) is 0 Å². The number of carbonyl (C=O) groups is 3. The van der Waals surface area contributed by atoms with Crippen molar-refractivity contribution in [2.75, 3.05) is 26.2 Å². The van der Waals surface area contributed by atoms with Gasteiger partial charge in [-0.25, -0.2) is 0 Å². The molecule has 1 fully saturated rings. The Kier molecular flexibility index (Phi) is 5.77. The molecule has 0 atom stereocenters. The highest BCUT2D eigenvalue weighted by Crippen LogP contribution is 2.11. The Labute approximate surface area is 107 Å². The summed E-state index contributed by atoms with van der Waals surface area (Å²) in [7, 11) is 0. The maximum Gasteiger partial charge on any atom is 0.316 e. The van der Waals surface area contributed by atoms with E-state index in [1.807, 2.05) is 0 Å². The molecule has 0 unspecified atom stereocenters. The topological polar surface area (TPSA) is 78.5 Å². The molecular formula is C12H21N3O3. The molecule has 18 heavy (non-hydrogen) atoms. The van der Waals surface area contributed by atoms with Crippen LogP contribution in [0.2, 0.25) is 0 Å². The molecule has 0 aromatic carbocycles. The Morgan fingerprint density at radius 1 is 1.17 bits per heavy atom. The first-order valence-electron chi connectivity index (χ1n) is 6.44. The molecule has 1 aliphatic rings. The van der Waals surface area contributed by atoms with E-state index in [0.29, 0.717) is 25.9 Å². The summed E-state index contributed by atoms with van der Waals surface area (Å²) in [5.41, 5.74) is 0. The fourth-order valence-corrected chi connectivity index (χ4v) is 2.01. The van der Waals surface area contributed by atoms with Crippen molar-refractivity contribution in [1.29, 1.82) is 0 Å². The average Bonchev–Trinajstić information content (AvgIpc) is 2.40. The third-order valence-electron chi connectivity index (χ3n) is 3.19. The maximum atomic E-state index is 11.8. The third-order valence-corrected chi connectivity index (χ3v) is 3.19. The monoisotopic (exact) mass is 255 g/mol. The zero-order valence-electron chi connectivity index (χ0n) is 11.0. The number of hydrogen-bond acceptors (Lipinski definition) is 4. The second-order valence-electron chi connectivity index (χ2n) is 4.32. The van der Waals surface area contributed by atoms with Crippen LogP contribution >= 0.6 is 0 Å². The van der Waals surface area contributed by atoms with Gasteiger partial charge in [0, 0.05) is 19.0 Å². The zero-order valence-corrected chi connectivity index (χ0v) is 11.0. The highest BCUT2D eigenvalue weighted by Gasteiger charge is 2.26. The van der Waals surface area contributed by atoms with Crippen LogP contribution in [0.1, 0.15) is 26.7 Å². The molecule has 3 amide bonds. The van der Waals surface area contributed by atoms with Crippen LogP contribution in [0.5, 0.6) is 0 Å². The molecule has 1 heterocycles. The first-order valence-corrected chi connectivity index (χ1v) is 6.44. The summed E-state index contributed by atoms with van der Waals surface area (Å²) in [4.78, 5) is 36.5. The molecule has 0 bridgehead atoms. The molecule has 6 heteroatoms. The molecule has 1 rings (SSSR count).